The first kappa shape index (κ1) is 20.1. The predicted octanol–water partition coefficient (Wildman–Crippen LogP) is 8.17. The first-order valence-corrected chi connectivity index (χ1v) is 12.6. The highest BCUT2D eigenvalue weighted by molar-refractivity contribution is 7.21. The number of rotatable bonds is 4. The van der Waals surface area contributed by atoms with Crippen molar-refractivity contribution < 1.29 is 9.53 Å². The molecule has 0 unspecified atom stereocenters. The minimum absolute atomic E-state index is 0.297. The van der Waals surface area contributed by atoms with Crippen LogP contribution in [0, 0.1) is 0 Å². The first-order valence-electron chi connectivity index (χ1n) is 10.8. The Hall–Kier alpha value is -3.54. The summed E-state index contributed by atoms with van der Waals surface area (Å²) in [7, 11) is 0. The second kappa shape index (κ2) is 8.10. The van der Waals surface area contributed by atoms with Gasteiger partial charge in [-0.1, -0.05) is 60.7 Å². The van der Waals surface area contributed by atoms with E-state index in [1.54, 1.807) is 22.7 Å². The van der Waals surface area contributed by atoms with Crippen molar-refractivity contribution in [2.45, 2.75) is 6.92 Å². The van der Waals surface area contributed by atoms with E-state index in [1.807, 2.05) is 55.5 Å². The van der Waals surface area contributed by atoms with Crippen molar-refractivity contribution in [2.75, 3.05) is 6.61 Å². The van der Waals surface area contributed by atoms with Gasteiger partial charge in [0.05, 0.1) is 12.3 Å². The predicted molar refractivity (Wildman–Crippen MR) is 139 cm³/mol. The second-order valence-electron chi connectivity index (χ2n) is 7.71. The molecule has 0 bridgehead atoms. The molecule has 5 heteroatoms. The lowest BCUT2D eigenvalue weighted by Gasteiger charge is -2.17. The van der Waals surface area contributed by atoms with Crippen LogP contribution in [0.5, 0.6) is 0 Å². The Morgan fingerprint density at radius 2 is 1.36 bits per heavy atom. The van der Waals surface area contributed by atoms with Gasteiger partial charge in [0, 0.05) is 42.1 Å². The first-order chi connectivity index (χ1) is 16.3. The molecular weight excluding hydrogens is 446 g/mol. The van der Waals surface area contributed by atoms with Crippen molar-refractivity contribution in [3.63, 3.8) is 0 Å². The number of nitrogens with zero attached hydrogens (tertiary/aromatic N) is 1. The monoisotopic (exact) mass is 465 g/mol. The maximum atomic E-state index is 13.3. The zero-order valence-corrected chi connectivity index (χ0v) is 19.5. The van der Waals surface area contributed by atoms with Gasteiger partial charge in [-0.05, 0) is 35.4 Å². The quantitative estimate of drug-likeness (QED) is 0.246. The van der Waals surface area contributed by atoms with Crippen LogP contribution in [-0.4, -0.2) is 17.6 Å². The van der Waals surface area contributed by atoms with Crippen LogP contribution in [-0.2, 0) is 4.74 Å². The SMILES string of the molecule is CCOC(=O)c1nc(-c2ccccc2)c2c3sccc3c3ccsc3c2c1-c1ccccc1. The number of hydrogen-bond donors (Lipinski definition) is 0. The Morgan fingerprint density at radius 3 is 1.97 bits per heavy atom. The van der Waals surface area contributed by atoms with Crippen LogP contribution < -0.4 is 0 Å². The van der Waals surface area contributed by atoms with E-state index in [9.17, 15) is 4.79 Å². The fourth-order valence-electron chi connectivity index (χ4n) is 4.50. The molecule has 3 aromatic carbocycles. The summed E-state index contributed by atoms with van der Waals surface area (Å²) in [4.78, 5) is 18.3. The molecule has 6 rings (SSSR count). The van der Waals surface area contributed by atoms with Gasteiger partial charge < -0.3 is 4.74 Å². The average Bonchev–Trinajstić information content (AvgIpc) is 3.54. The summed E-state index contributed by atoms with van der Waals surface area (Å²) < 4.78 is 7.86. The molecule has 0 atom stereocenters. The van der Waals surface area contributed by atoms with Crippen LogP contribution in [0.15, 0.2) is 83.6 Å². The molecule has 0 saturated heterocycles. The number of carbonyl (C=O) groups is 1. The lowest BCUT2D eigenvalue weighted by molar-refractivity contribution is 0.0521. The third-order valence-electron chi connectivity index (χ3n) is 5.85. The Bertz CT molecular complexity index is 1630. The van der Waals surface area contributed by atoms with Crippen molar-refractivity contribution in [3.8, 4) is 22.4 Å². The smallest absolute Gasteiger partial charge is 0.357 e. The summed E-state index contributed by atoms with van der Waals surface area (Å²) in [6, 6.07) is 24.5. The normalized spacial score (nSPS) is 11.4. The zero-order chi connectivity index (χ0) is 22.4. The average molecular weight is 466 g/mol. The van der Waals surface area contributed by atoms with Crippen molar-refractivity contribution in [2.24, 2.45) is 0 Å². The minimum atomic E-state index is -0.397. The van der Waals surface area contributed by atoms with E-state index in [0.29, 0.717) is 12.3 Å². The molecule has 6 aromatic rings. The molecule has 0 aliphatic heterocycles. The number of hydrogen-bond acceptors (Lipinski definition) is 5. The van der Waals surface area contributed by atoms with Crippen molar-refractivity contribution >= 4 is 59.6 Å². The molecule has 0 spiro atoms. The number of benzene rings is 3. The van der Waals surface area contributed by atoms with E-state index in [1.165, 1.54) is 20.2 Å². The van der Waals surface area contributed by atoms with Crippen LogP contribution in [0.1, 0.15) is 17.4 Å². The van der Waals surface area contributed by atoms with Gasteiger partial charge in [0.2, 0.25) is 0 Å². The summed E-state index contributed by atoms with van der Waals surface area (Å²) in [6.45, 7) is 2.12. The fourth-order valence-corrected chi connectivity index (χ4v) is 6.43. The van der Waals surface area contributed by atoms with E-state index in [-0.39, 0.29) is 0 Å². The Labute approximate surface area is 198 Å². The molecule has 33 heavy (non-hydrogen) atoms. The summed E-state index contributed by atoms with van der Waals surface area (Å²) in [5.41, 5.74) is 3.96. The number of esters is 1. The van der Waals surface area contributed by atoms with Gasteiger partial charge in [-0.3, -0.25) is 0 Å². The number of thiophene rings is 2. The van der Waals surface area contributed by atoms with Gasteiger partial charge >= 0.3 is 5.97 Å². The van der Waals surface area contributed by atoms with E-state index in [0.717, 1.165) is 33.2 Å². The summed E-state index contributed by atoms with van der Waals surface area (Å²) >= 11 is 3.43. The third kappa shape index (κ3) is 3.16. The third-order valence-corrected chi connectivity index (χ3v) is 7.71. The molecule has 0 amide bonds. The van der Waals surface area contributed by atoms with Gasteiger partial charge in [-0.15, -0.1) is 22.7 Å². The van der Waals surface area contributed by atoms with E-state index in [2.05, 4.69) is 35.0 Å². The highest BCUT2D eigenvalue weighted by Gasteiger charge is 2.26. The fraction of sp³-hybridized carbons (Fsp3) is 0.0714. The number of fused-ring (bicyclic) bond motifs is 6. The highest BCUT2D eigenvalue weighted by Crippen LogP contribution is 2.48. The van der Waals surface area contributed by atoms with E-state index >= 15 is 0 Å². The Morgan fingerprint density at radius 1 is 0.788 bits per heavy atom. The van der Waals surface area contributed by atoms with Crippen LogP contribution in [0.3, 0.4) is 0 Å². The summed E-state index contributed by atoms with van der Waals surface area (Å²) in [5, 5.41) is 8.86. The lowest BCUT2D eigenvalue weighted by atomic mass is 9.92. The summed E-state index contributed by atoms with van der Waals surface area (Å²) in [5.74, 6) is -0.397. The summed E-state index contributed by atoms with van der Waals surface area (Å²) in [6.07, 6.45) is 0. The van der Waals surface area contributed by atoms with Crippen LogP contribution in [0.2, 0.25) is 0 Å². The topological polar surface area (TPSA) is 39.2 Å². The zero-order valence-electron chi connectivity index (χ0n) is 17.9. The Balaban J connectivity index is 1.90. The molecule has 0 fully saturated rings. The molecule has 0 aliphatic carbocycles. The molecule has 0 saturated carbocycles. The van der Waals surface area contributed by atoms with Gasteiger partial charge in [-0.25, -0.2) is 9.78 Å². The minimum Gasteiger partial charge on any atom is -0.461 e. The van der Waals surface area contributed by atoms with Gasteiger partial charge in [0.25, 0.3) is 0 Å². The maximum Gasteiger partial charge on any atom is 0.357 e. The van der Waals surface area contributed by atoms with Crippen LogP contribution >= 0.6 is 22.7 Å². The largest absolute Gasteiger partial charge is 0.461 e. The van der Waals surface area contributed by atoms with Crippen LogP contribution in [0.25, 0.3) is 53.3 Å². The molecule has 3 heterocycles. The van der Waals surface area contributed by atoms with Crippen molar-refractivity contribution in [1.29, 1.82) is 0 Å². The van der Waals surface area contributed by atoms with Crippen molar-refractivity contribution in [1.82, 2.24) is 4.98 Å². The standard InChI is InChI=1S/C28H19NO2S2/c1-2-31-28(30)25-21(17-9-5-3-6-10-17)22-23(24(29-25)18-11-7-4-8-12-18)27-20(14-16-33-27)19-13-15-32-26(19)22/h3-16H,2H2,1H3. The van der Waals surface area contributed by atoms with E-state index in [4.69, 9.17) is 9.72 Å². The second-order valence-corrected chi connectivity index (χ2v) is 9.55. The van der Waals surface area contributed by atoms with E-state index < -0.39 is 5.97 Å². The van der Waals surface area contributed by atoms with Gasteiger partial charge in [0.1, 0.15) is 0 Å². The van der Waals surface area contributed by atoms with Crippen LogP contribution in [0.4, 0.5) is 0 Å². The number of pyridine rings is 1. The molecule has 160 valence electrons. The molecule has 3 nitrogen and oxygen atoms in total. The Kier molecular flexibility index (Phi) is 4.93. The molecule has 3 aromatic heterocycles. The molecular formula is C28H19NO2S2. The van der Waals surface area contributed by atoms with Crippen molar-refractivity contribution in [3.05, 3.63) is 89.3 Å². The lowest BCUT2D eigenvalue weighted by Crippen LogP contribution is -2.11. The van der Waals surface area contributed by atoms with Gasteiger partial charge in [-0.2, -0.15) is 0 Å². The highest BCUT2D eigenvalue weighted by atomic mass is 32.1. The maximum absolute atomic E-state index is 13.3. The van der Waals surface area contributed by atoms with Gasteiger partial charge in [0.15, 0.2) is 5.69 Å². The molecule has 0 radical (unpaired) electrons. The molecule has 0 N–H and O–H groups in total. The number of ether oxygens (including phenoxy) is 1. The molecule has 0 aliphatic rings. The number of carbonyl (C=O) groups excluding carboxylic acids is 1. The number of aromatic nitrogens is 1.